The molecule has 0 radical (unpaired) electrons. The van der Waals surface area contributed by atoms with Gasteiger partial charge in [0, 0.05) is 32.7 Å². The van der Waals surface area contributed by atoms with Gasteiger partial charge >= 0.3 is 0 Å². The van der Waals surface area contributed by atoms with Crippen LogP contribution in [0.3, 0.4) is 0 Å². The summed E-state index contributed by atoms with van der Waals surface area (Å²) >= 11 is 0. The summed E-state index contributed by atoms with van der Waals surface area (Å²) in [7, 11) is 0. The first-order valence-electron chi connectivity index (χ1n) is 19.5. The Balaban J connectivity index is 1.19. The topological polar surface area (TPSA) is 56.7 Å². The van der Waals surface area contributed by atoms with Gasteiger partial charge in [-0.3, -0.25) is 0 Å². The van der Waals surface area contributed by atoms with E-state index in [0.29, 0.717) is 17.5 Å². The highest BCUT2D eigenvalue weighted by Gasteiger charge is 2.25. The Morgan fingerprint density at radius 3 is 1.79 bits per heavy atom. The molecule has 9 aromatic carbocycles. The molecule has 3 heterocycles. The molecule has 58 heavy (non-hydrogen) atoms. The van der Waals surface area contributed by atoms with Gasteiger partial charge in [0.15, 0.2) is 17.5 Å². The fraction of sp³-hybridized carbons (Fsp3) is 0. The van der Waals surface area contributed by atoms with Crippen molar-refractivity contribution in [3.8, 4) is 51.0 Å². The van der Waals surface area contributed by atoms with Crippen molar-refractivity contribution in [1.82, 2.24) is 19.5 Å². The Morgan fingerprint density at radius 1 is 0.345 bits per heavy atom. The lowest BCUT2D eigenvalue weighted by Crippen LogP contribution is -2.04. The minimum Gasteiger partial charge on any atom is -0.455 e. The van der Waals surface area contributed by atoms with Crippen molar-refractivity contribution in [3.63, 3.8) is 0 Å². The lowest BCUT2D eigenvalue weighted by Gasteiger charge is -2.15. The fourth-order valence-electron chi connectivity index (χ4n) is 8.64. The first-order chi connectivity index (χ1) is 28.7. The van der Waals surface area contributed by atoms with Gasteiger partial charge in [0.05, 0.1) is 22.3 Å². The third kappa shape index (κ3) is 5.14. The lowest BCUT2D eigenvalue weighted by atomic mass is 10.0. The van der Waals surface area contributed by atoms with Gasteiger partial charge in [-0.1, -0.05) is 146 Å². The highest BCUT2D eigenvalue weighted by Crippen LogP contribution is 2.43. The van der Waals surface area contributed by atoms with Gasteiger partial charge in [-0.25, -0.2) is 15.0 Å². The first kappa shape index (κ1) is 32.4. The Morgan fingerprint density at radius 2 is 0.966 bits per heavy atom. The van der Waals surface area contributed by atoms with Gasteiger partial charge in [-0.2, -0.15) is 0 Å². The zero-order chi connectivity index (χ0) is 38.2. The molecule has 0 amide bonds. The third-order valence-corrected chi connectivity index (χ3v) is 11.4. The van der Waals surface area contributed by atoms with Crippen LogP contribution in [0, 0.1) is 0 Å². The molecule has 12 rings (SSSR count). The van der Waals surface area contributed by atoms with Crippen LogP contribution in [-0.4, -0.2) is 19.5 Å². The van der Waals surface area contributed by atoms with Crippen molar-refractivity contribution in [3.05, 3.63) is 194 Å². The molecule has 270 valence electrons. The predicted molar refractivity (Wildman–Crippen MR) is 238 cm³/mol. The van der Waals surface area contributed by atoms with E-state index in [0.717, 1.165) is 77.2 Å². The summed E-state index contributed by atoms with van der Waals surface area (Å²) in [6.45, 7) is 0. The zero-order valence-electron chi connectivity index (χ0n) is 31.2. The second kappa shape index (κ2) is 12.8. The summed E-state index contributed by atoms with van der Waals surface area (Å²) in [5.41, 5.74) is 9.46. The van der Waals surface area contributed by atoms with E-state index in [2.05, 4.69) is 180 Å². The van der Waals surface area contributed by atoms with Crippen LogP contribution in [0.4, 0.5) is 0 Å². The molecule has 3 aromatic heterocycles. The van der Waals surface area contributed by atoms with Crippen molar-refractivity contribution < 1.29 is 4.42 Å². The maximum Gasteiger partial charge on any atom is 0.170 e. The Hall–Kier alpha value is -7.89. The minimum atomic E-state index is 0.532. The molecule has 0 fully saturated rings. The number of hydrogen-bond donors (Lipinski definition) is 0. The van der Waals surface area contributed by atoms with E-state index in [-0.39, 0.29) is 0 Å². The fourth-order valence-corrected chi connectivity index (χ4v) is 8.64. The smallest absolute Gasteiger partial charge is 0.170 e. The molecule has 0 bridgehead atoms. The number of hydrogen-bond acceptors (Lipinski definition) is 4. The van der Waals surface area contributed by atoms with Crippen molar-refractivity contribution in [2.24, 2.45) is 0 Å². The summed E-state index contributed by atoms with van der Waals surface area (Å²) in [5, 5.41) is 9.03. The molecule has 0 aliphatic heterocycles. The Labute approximate surface area is 333 Å². The van der Waals surface area contributed by atoms with Gasteiger partial charge in [0.2, 0.25) is 0 Å². The molecule has 0 unspecified atom stereocenters. The molecule has 0 spiro atoms. The van der Waals surface area contributed by atoms with E-state index >= 15 is 0 Å². The quantitative estimate of drug-likeness (QED) is 0.176. The zero-order valence-corrected chi connectivity index (χ0v) is 31.2. The molecular formula is C53H32N4O. The van der Waals surface area contributed by atoms with Gasteiger partial charge in [-0.15, -0.1) is 0 Å². The largest absolute Gasteiger partial charge is 0.455 e. The predicted octanol–water partition coefficient (Wildman–Crippen LogP) is 13.8. The van der Waals surface area contributed by atoms with E-state index in [4.69, 9.17) is 19.4 Å². The molecule has 0 aliphatic rings. The van der Waals surface area contributed by atoms with Crippen LogP contribution < -0.4 is 0 Å². The van der Waals surface area contributed by atoms with E-state index in [1.165, 1.54) is 21.5 Å². The molecule has 0 N–H and O–H groups in total. The van der Waals surface area contributed by atoms with Crippen LogP contribution >= 0.6 is 0 Å². The van der Waals surface area contributed by atoms with E-state index in [1.54, 1.807) is 0 Å². The van der Waals surface area contributed by atoms with E-state index in [9.17, 15) is 0 Å². The normalized spacial score (nSPS) is 11.8. The number of fused-ring (bicyclic) bond motifs is 8. The SMILES string of the molecule is c1ccc(-c2cccc(-c3nc(-c4ccc5ccccc5c4)nc(-c4c(-n5c6ccccc6c6cc7ccccc7cc65)ccc5c4oc4ccccc45)n3)c2)cc1. The van der Waals surface area contributed by atoms with E-state index in [1.807, 2.05) is 18.2 Å². The minimum absolute atomic E-state index is 0.532. The Bertz CT molecular complexity index is 3580. The molecule has 0 aliphatic carbocycles. The summed E-state index contributed by atoms with van der Waals surface area (Å²) in [4.78, 5) is 16.0. The number of para-hydroxylation sites is 2. The molecule has 0 atom stereocenters. The maximum absolute atomic E-state index is 6.88. The van der Waals surface area contributed by atoms with Gasteiger partial charge in [-0.05, 0) is 81.2 Å². The van der Waals surface area contributed by atoms with Crippen LogP contribution in [0.1, 0.15) is 0 Å². The van der Waals surface area contributed by atoms with Crippen molar-refractivity contribution in [2.45, 2.75) is 0 Å². The summed E-state index contributed by atoms with van der Waals surface area (Å²) < 4.78 is 9.24. The molecule has 12 aromatic rings. The van der Waals surface area contributed by atoms with Crippen LogP contribution in [-0.2, 0) is 0 Å². The van der Waals surface area contributed by atoms with Crippen molar-refractivity contribution >= 4 is 65.3 Å². The summed E-state index contributed by atoms with van der Waals surface area (Å²) in [6, 6.07) is 68.0. The summed E-state index contributed by atoms with van der Waals surface area (Å²) in [6.07, 6.45) is 0. The molecule has 0 saturated carbocycles. The highest BCUT2D eigenvalue weighted by atomic mass is 16.3. The average molecular weight is 741 g/mol. The Kier molecular flexibility index (Phi) is 7.16. The number of nitrogens with zero attached hydrogens (tertiary/aromatic N) is 4. The number of furan rings is 1. The van der Waals surface area contributed by atoms with Crippen LogP contribution in [0.5, 0.6) is 0 Å². The molecular weight excluding hydrogens is 709 g/mol. The standard InChI is InChI=1S/C53H32N4O/c1-2-13-33(14-3-1)36-19-12-20-39(29-36)51-54-52(40-26-25-34-15-4-5-16-35(34)30-40)56-53(55-51)49-46(28-27-43-42-22-9-11-24-48(42)58-50(43)49)57-45-23-10-8-21-41(45)44-31-37-17-6-7-18-38(37)32-47(44)57/h1-32H. The average Bonchev–Trinajstić information content (AvgIpc) is 3.83. The van der Waals surface area contributed by atoms with Gasteiger partial charge < -0.3 is 8.98 Å². The van der Waals surface area contributed by atoms with Crippen LogP contribution in [0.25, 0.3) is 116 Å². The van der Waals surface area contributed by atoms with Gasteiger partial charge in [0.1, 0.15) is 11.2 Å². The monoisotopic (exact) mass is 740 g/mol. The number of benzene rings is 9. The molecule has 5 nitrogen and oxygen atoms in total. The van der Waals surface area contributed by atoms with Crippen LogP contribution in [0.2, 0.25) is 0 Å². The maximum atomic E-state index is 6.88. The molecule has 5 heteroatoms. The van der Waals surface area contributed by atoms with Crippen molar-refractivity contribution in [2.75, 3.05) is 0 Å². The second-order valence-electron chi connectivity index (χ2n) is 14.8. The third-order valence-electron chi connectivity index (χ3n) is 11.4. The summed E-state index contributed by atoms with van der Waals surface area (Å²) in [5.74, 6) is 1.70. The van der Waals surface area contributed by atoms with E-state index < -0.39 is 0 Å². The highest BCUT2D eigenvalue weighted by molar-refractivity contribution is 6.16. The molecule has 0 saturated heterocycles. The van der Waals surface area contributed by atoms with Crippen molar-refractivity contribution in [1.29, 1.82) is 0 Å². The lowest BCUT2D eigenvalue weighted by molar-refractivity contribution is 0.669. The second-order valence-corrected chi connectivity index (χ2v) is 14.8. The van der Waals surface area contributed by atoms with Crippen LogP contribution in [0.15, 0.2) is 199 Å². The first-order valence-corrected chi connectivity index (χ1v) is 19.5. The number of rotatable bonds is 5. The van der Waals surface area contributed by atoms with Gasteiger partial charge in [0.25, 0.3) is 0 Å². The number of aromatic nitrogens is 4.